The van der Waals surface area contributed by atoms with Gasteiger partial charge in [-0.05, 0) is 19.4 Å². The van der Waals surface area contributed by atoms with Crippen molar-refractivity contribution < 1.29 is 0 Å². The van der Waals surface area contributed by atoms with Crippen LogP contribution in [0.2, 0.25) is 0 Å². The van der Waals surface area contributed by atoms with Crippen molar-refractivity contribution in [1.29, 1.82) is 0 Å². The molecule has 3 nitrogen and oxygen atoms in total. The number of rotatable bonds is 3. The highest BCUT2D eigenvalue weighted by atomic mass is 15.0. The zero-order chi connectivity index (χ0) is 11.4. The van der Waals surface area contributed by atoms with Gasteiger partial charge in [0.1, 0.15) is 12.1 Å². The second kappa shape index (κ2) is 4.75. The van der Waals surface area contributed by atoms with Crippen molar-refractivity contribution in [2.45, 2.75) is 19.9 Å². The molecule has 1 aromatic heterocycles. The summed E-state index contributed by atoms with van der Waals surface area (Å²) in [6.45, 7) is 4.08. The van der Waals surface area contributed by atoms with Gasteiger partial charge in [0.15, 0.2) is 0 Å². The standard InChI is InChI=1S/C13H15N3/c1-10-8-13(15-9-14-10)16-11(2)12-6-4-3-5-7-12/h3-9,11H,1-2H3,(H,14,15,16). The van der Waals surface area contributed by atoms with Gasteiger partial charge < -0.3 is 5.32 Å². The second-order valence-electron chi connectivity index (χ2n) is 3.82. The SMILES string of the molecule is Cc1cc(NC(C)c2ccccc2)ncn1. The molecule has 16 heavy (non-hydrogen) atoms. The maximum Gasteiger partial charge on any atom is 0.130 e. The van der Waals surface area contributed by atoms with Crippen molar-refractivity contribution >= 4 is 5.82 Å². The van der Waals surface area contributed by atoms with E-state index in [0.29, 0.717) is 0 Å². The molecule has 0 fully saturated rings. The summed E-state index contributed by atoms with van der Waals surface area (Å²) >= 11 is 0. The Balaban J connectivity index is 2.11. The Bertz CT molecular complexity index is 454. The lowest BCUT2D eigenvalue weighted by molar-refractivity contribution is 0.870. The van der Waals surface area contributed by atoms with Gasteiger partial charge in [-0.2, -0.15) is 0 Å². The quantitative estimate of drug-likeness (QED) is 0.851. The third-order valence-electron chi connectivity index (χ3n) is 2.47. The monoisotopic (exact) mass is 213 g/mol. The first-order valence-corrected chi connectivity index (χ1v) is 5.36. The van der Waals surface area contributed by atoms with E-state index in [0.717, 1.165) is 11.5 Å². The molecule has 2 aromatic rings. The van der Waals surface area contributed by atoms with E-state index < -0.39 is 0 Å². The van der Waals surface area contributed by atoms with Crippen LogP contribution in [0.3, 0.4) is 0 Å². The number of hydrogen-bond acceptors (Lipinski definition) is 3. The van der Waals surface area contributed by atoms with Crippen LogP contribution in [0, 0.1) is 6.92 Å². The molecule has 1 atom stereocenters. The van der Waals surface area contributed by atoms with Crippen molar-refractivity contribution in [2.24, 2.45) is 0 Å². The lowest BCUT2D eigenvalue weighted by atomic mass is 10.1. The van der Waals surface area contributed by atoms with Crippen LogP contribution in [-0.4, -0.2) is 9.97 Å². The normalized spacial score (nSPS) is 12.1. The van der Waals surface area contributed by atoms with Crippen molar-refractivity contribution in [3.05, 3.63) is 54.0 Å². The van der Waals surface area contributed by atoms with E-state index >= 15 is 0 Å². The second-order valence-corrected chi connectivity index (χ2v) is 3.82. The average Bonchev–Trinajstić information content (AvgIpc) is 2.30. The van der Waals surface area contributed by atoms with Crippen LogP contribution >= 0.6 is 0 Å². The molecule has 82 valence electrons. The largest absolute Gasteiger partial charge is 0.363 e. The number of nitrogens with zero attached hydrogens (tertiary/aromatic N) is 2. The van der Waals surface area contributed by atoms with Gasteiger partial charge >= 0.3 is 0 Å². The summed E-state index contributed by atoms with van der Waals surface area (Å²) in [6.07, 6.45) is 1.58. The van der Waals surface area contributed by atoms with Crippen LogP contribution in [-0.2, 0) is 0 Å². The summed E-state index contributed by atoms with van der Waals surface area (Å²) in [7, 11) is 0. The number of anilines is 1. The van der Waals surface area contributed by atoms with E-state index in [4.69, 9.17) is 0 Å². The first-order valence-electron chi connectivity index (χ1n) is 5.36. The molecule has 0 radical (unpaired) electrons. The van der Waals surface area contributed by atoms with Gasteiger partial charge in [0, 0.05) is 17.8 Å². The number of aryl methyl sites for hydroxylation is 1. The van der Waals surface area contributed by atoms with Gasteiger partial charge in [0.25, 0.3) is 0 Å². The highest BCUT2D eigenvalue weighted by molar-refractivity contribution is 5.38. The smallest absolute Gasteiger partial charge is 0.130 e. The molecule has 0 aliphatic carbocycles. The van der Waals surface area contributed by atoms with E-state index in [9.17, 15) is 0 Å². The van der Waals surface area contributed by atoms with Gasteiger partial charge in [-0.1, -0.05) is 30.3 Å². The Hall–Kier alpha value is -1.90. The molecule has 1 N–H and O–H groups in total. The summed E-state index contributed by atoms with van der Waals surface area (Å²) in [6, 6.07) is 12.5. The van der Waals surface area contributed by atoms with Crippen LogP contribution in [0.15, 0.2) is 42.7 Å². The van der Waals surface area contributed by atoms with Crippen molar-refractivity contribution in [1.82, 2.24) is 9.97 Å². The summed E-state index contributed by atoms with van der Waals surface area (Å²) < 4.78 is 0. The van der Waals surface area contributed by atoms with Gasteiger partial charge in [0.05, 0.1) is 0 Å². The van der Waals surface area contributed by atoms with E-state index in [1.54, 1.807) is 6.33 Å². The van der Waals surface area contributed by atoms with Crippen molar-refractivity contribution in [3.63, 3.8) is 0 Å². The van der Waals surface area contributed by atoms with Crippen LogP contribution in [0.5, 0.6) is 0 Å². The van der Waals surface area contributed by atoms with Crippen molar-refractivity contribution in [2.75, 3.05) is 5.32 Å². The van der Waals surface area contributed by atoms with Crippen molar-refractivity contribution in [3.8, 4) is 0 Å². The number of benzene rings is 1. The molecule has 2 rings (SSSR count). The minimum Gasteiger partial charge on any atom is -0.363 e. The highest BCUT2D eigenvalue weighted by Crippen LogP contribution is 2.16. The minimum absolute atomic E-state index is 0.246. The zero-order valence-electron chi connectivity index (χ0n) is 9.51. The average molecular weight is 213 g/mol. The van der Waals surface area contributed by atoms with Crippen LogP contribution in [0.4, 0.5) is 5.82 Å². The van der Waals surface area contributed by atoms with Crippen LogP contribution < -0.4 is 5.32 Å². The van der Waals surface area contributed by atoms with Gasteiger partial charge in [-0.15, -0.1) is 0 Å². The van der Waals surface area contributed by atoms with E-state index in [1.807, 2.05) is 31.2 Å². The first-order chi connectivity index (χ1) is 7.75. The first kappa shape index (κ1) is 10.6. The number of aromatic nitrogens is 2. The zero-order valence-corrected chi connectivity index (χ0v) is 9.51. The Morgan fingerprint density at radius 2 is 1.88 bits per heavy atom. The number of hydrogen-bond donors (Lipinski definition) is 1. The topological polar surface area (TPSA) is 37.8 Å². The Labute approximate surface area is 95.6 Å². The predicted octanol–water partition coefficient (Wildman–Crippen LogP) is 2.96. The van der Waals surface area contributed by atoms with Crippen LogP contribution in [0.1, 0.15) is 24.2 Å². The molecule has 0 saturated heterocycles. The fraction of sp³-hybridized carbons (Fsp3) is 0.231. The lowest BCUT2D eigenvalue weighted by Crippen LogP contribution is -2.08. The van der Waals surface area contributed by atoms with Crippen LogP contribution in [0.25, 0.3) is 0 Å². The summed E-state index contributed by atoms with van der Waals surface area (Å²) in [4.78, 5) is 8.25. The molecule has 3 heteroatoms. The molecule has 0 aliphatic rings. The molecule has 0 amide bonds. The van der Waals surface area contributed by atoms with Gasteiger partial charge in [-0.25, -0.2) is 9.97 Å². The Morgan fingerprint density at radius 1 is 1.12 bits per heavy atom. The molecule has 0 spiro atoms. The molecule has 1 aromatic carbocycles. The molecular formula is C13H15N3. The predicted molar refractivity (Wildman–Crippen MR) is 65.2 cm³/mol. The maximum absolute atomic E-state index is 4.18. The molecule has 0 bridgehead atoms. The third-order valence-corrected chi connectivity index (χ3v) is 2.47. The molecule has 1 unspecified atom stereocenters. The molecule has 0 saturated carbocycles. The number of nitrogens with one attached hydrogen (secondary N) is 1. The lowest BCUT2D eigenvalue weighted by Gasteiger charge is -2.14. The van der Waals surface area contributed by atoms with E-state index in [-0.39, 0.29) is 6.04 Å². The minimum atomic E-state index is 0.246. The summed E-state index contributed by atoms with van der Waals surface area (Å²) in [5.74, 6) is 0.865. The fourth-order valence-corrected chi connectivity index (χ4v) is 1.58. The Morgan fingerprint density at radius 3 is 2.56 bits per heavy atom. The van der Waals surface area contributed by atoms with E-state index in [1.165, 1.54) is 5.56 Å². The molecule has 0 aliphatic heterocycles. The summed E-state index contributed by atoms with van der Waals surface area (Å²) in [5.41, 5.74) is 2.22. The van der Waals surface area contributed by atoms with Gasteiger partial charge in [-0.3, -0.25) is 0 Å². The van der Waals surface area contributed by atoms with Gasteiger partial charge in [0.2, 0.25) is 0 Å². The maximum atomic E-state index is 4.18. The molecular weight excluding hydrogens is 198 g/mol. The molecule has 1 heterocycles. The third kappa shape index (κ3) is 2.57. The fourth-order valence-electron chi connectivity index (χ4n) is 1.58. The van der Waals surface area contributed by atoms with E-state index in [2.05, 4.69) is 34.3 Å². The summed E-state index contributed by atoms with van der Waals surface area (Å²) in [5, 5.41) is 3.35. The Kier molecular flexibility index (Phi) is 3.15. The highest BCUT2D eigenvalue weighted by Gasteiger charge is 2.04.